The van der Waals surface area contributed by atoms with Gasteiger partial charge in [0.15, 0.2) is 0 Å². The molecule has 0 unspecified atom stereocenters. The van der Waals surface area contributed by atoms with Gasteiger partial charge in [0.1, 0.15) is 5.82 Å². The molecule has 4 nitrogen and oxygen atoms in total. The van der Waals surface area contributed by atoms with Crippen LogP contribution >= 0.6 is 0 Å². The van der Waals surface area contributed by atoms with Crippen molar-refractivity contribution in [3.8, 4) is 0 Å². The highest BCUT2D eigenvalue weighted by molar-refractivity contribution is 5.64. The van der Waals surface area contributed by atoms with Crippen molar-refractivity contribution in [2.45, 2.75) is 26.7 Å². The van der Waals surface area contributed by atoms with Crippen molar-refractivity contribution in [2.24, 2.45) is 0 Å². The van der Waals surface area contributed by atoms with Crippen LogP contribution in [0.15, 0.2) is 24.4 Å². The van der Waals surface area contributed by atoms with Crippen molar-refractivity contribution in [3.63, 3.8) is 0 Å². The third-order valence-electron chi connectivity index (χ3n) is 3.51. The van der Waals surface area contributed by atoms with Crippen molar-refractivity contribution in [1.82, 2.24) is 9.97 Å². The Morgan fingerprint density at radius 2 is 2.11 bits per heavy atom. The van der Waals surface area contributed by atoms with Gasteiger partial charge in [0, 0.05) is 17.9 Å². The van der Waals surface area contributed by atoms with Crippen molar-refractivity contribution in [2.75, 3.05) is 17.2 Å². The average molecular weight is 254 g/mol. The van der Waals surface area contributed by atoms with Gasteiger partial charge in [-0.3, -0.25) is 4.98 Å². The summed E-state index contributed by atoms with van der Waals surface area (Å²) < 4.78 is 0. The molecule has 1 aliphatic heterocycles. The normalized spacial score (nSPS) is 13.6. The highest BCUT2D eigenvalue weighted by atomic mass is 15.0. The van der Waals surface area contributed by atoms with Crippen LogP contribution in [-0.2, 0) is 6.42 Å². The minimum absolute atomic E-state index is 0.798. The summed E-state index contributed by atoms with van der Waals surface area (Å²) in [5.41, 5.74) is 5.63. The molecule has 0 bridgehead atoms. The summed E-state index contributed by atoms with van der Waals surface area (Å²) in [7, 11) is 0. The Hall–Kier alpha value is -2.10. The minimum Gasteiger partial charge on any atom is -0.385 e. The van der Waals surface area contributed by atoms with E-state index in [-0.39, 0.29) is 0 Å². The van der Waals surface area contributed by atoms with E-state index in [4.69, 9.17) is 0 Å². The van der Waals surface area contributed by atoms with Gasteiger partial charge >= 0.3 is 0 Å². The molecule has 0 atom stereocenters. The first-order valence-electron chi connectivity index (χ1n) is 6.66. The van der Waals surface area contributed by atoms with Crippen LogP contribution in [0.5, 0.6) is 0 Å². The summed E-state index contributed by atoms with van der Waals surface area (Å²) >= 11 is 0. The maximum absolute atomic E-state index is 4.49. The summed E-state index contributed by atoms with van der Waals surface area (Å²) in [6.45, 7) is 5.02. The molecule has 1 aromatic heterocycles. The zero-order valence-corrected chi connectivity index (χ0v) is 11.3. The van der Waals surface area contributed by atoms with Crippen LogP contribution in [0.4, 0.5) is 17.2 Å². The number of nitrogens with one attached hydrogen (secondary N) is 2. The van der Waals surface area contributed by atoms with Gasteiger partial charge in [-0.05, 0) is 50.5 Å². The summed E-state index contributed by atoms with van der Waals surface area (Å²) in [4.78, 5) is 8.82. The Balaban J connectivity index is 1.84. The van der Waals surface area contributed by atoms with E-state index < -0.39 is 0 Å². The van der Waals surface area contributed by atoms with Gasteiger partial charge in [0.25, 0.3) is 0 Å². The van der Waals surface area contributed by atoms with E-state index in [1.54, 1.807) is 6.20 Å². The van der Waals surface area contributed by atoms with E-state index >= 15 is 0 Å². The standard InChI is InChI=1S/C15H18N4/c1-10-11(2)18-15(9-17-10)19-13-5-6-14-12(8-13)4-3-7-16-14/h5-6,8-9,16H,3-4,7H2,1-2H3,(H,18,19). The van der Waals surface area contributed by atoms with Crippen LogP contribution in [0, 0.1) is 13.8 Å². The molecule has 2 heterocycles. The molecule has 0 spiro atoms. The Morgan fingerprint density at radius 1 is 1.21 bits per heavy atom. The molecule has 0 fully saturated rings. The van der Waals surface area contributed by atoms with E-state index in [0.29, 0.717) is 0 Å². The topological polar surface area (TPSA) is 49.8 Å². The molecule has 0 aliphatic carbocycles. The molecular formula is C15H18N4. The highest BCUT2D eigenvalue weighted by Gasteiger charge is 2.09. The molecular weight excluding hydrogens is 236 g/mol. The van der Waals surface area contributed by atoms with Crippen molar-refractivity contribution in [3.05, 3.63) is 41.3 Å². The van der Waals surface area contributed by atoms with Crippen LogP contribution in [0.25, 0.3) is 0 Å². The molecule has 0 saturated carbocycles. The molecule has 2 N–H and O–H groups in total. The molecule has 0 saturated heterocycles. The largest absolute Gasteiger partial charge is 0.385 e. The number of nitrogens with zero attached hydrogens (tertiary/aromatic N) is 2. The fourth-order valence-electron chi connectivity index (χ4n) is 2.30. The van der Waals surface area contributed by atoms with Gasteiger partial charge in [-0.1, -0.05) is 0 Å². The van der Waals surface area contributed by atoms with Gasteiger partial charge in [-0.15, -0.1) is 0 Å². The second-order valence-electron chi connectivity index (χ2n) is 4.95. The number of aromatic nitrogens is 2. The van der Waals surface area contributed by atoms with Gasteiger partial charge in [0.2, 0.25) is 0 Å². The number of fused-ring (bicyclic) bond motifs is 1. The number of rotatable bonds is 2. The first kappa shape index (κ1) is 12.0. The monoisotopic (exact) mass is 254 g/mol. The van der Waals surface area contributed by atoms with Crippen molar-refractivity contribution in [1.29, 1.82) is 0 Å². The molecule has 1 aliphatic rings. The summed E-state index contributed by atoms with van der Waals surface area (Å²) in [6, 6.07) is 6.40. The third kappa shape index (κ3) is 2.52. The number of hydrogen-bond donors (Lipinski definition) is 2. The van der Waals surface area contributed by atoms with Crippen LogP contribution < -0.4 is 10.6 Å². The second-order valence-corrected chi connectivity index (χ2v) is 4.95. The molecule has 4 heteroatoms. The number of hydrogen-bond acceptors (Lipinski definition) is 4. The maximum Gasteiger partial charge on any atom is 0.149 e. The summed E-state index contributed by atoms with van der Waals surface area (Å²) in [5, 5.41) is 6.74. The Labute approximate surface area is 113 Å². The predicted octanol–water partition coefficient (Wildman–Crippen LogP) is 3.20. The molecule has 98 valence electrons. The Morgan fingerprint density at radius 3 is 2.95 bits per heavy atom. The Bertz CT molecular complexity index is 607. The van der Waals surface area contributed by atoms with Gasteiger partial charge in [0.05, 0.1) is 17.6 Å². The lowest BCUT2D eigenvalue weighted by atomic mass is 10.0. The highest BCUT2D eigenvalue weighted by Crippen LogP contribution is 2.26. The molecule has 19 heavy (non-hydrogen) atoms. The smallest absolute Gasteiger partial charge is 0.149 e. The van der Waals surface area contributed by atoms with Crippen LogP contribution in [0.1, 0.15) is 23.4 Å². The van der Waals surface area contributed by atoms with E-state index in [2.05, 4.69) is 38.8 Å². The lowest BCUT2D eigenvalue weighted by Crippen LogP contribution is -2.11. The lowest BCUT2D eigenvalue weighted by molar-refractivity contribution is 0.830. The molecule has 0 amide bonds. The van der Waals surface area contributed by atoms with Crippen molar-refractivity contribution < 1.29 is 0 Å². The lowest BCUT2D eigenvalue weighted by Gasteiger charge is -2.19. The Kier molecular flexibility index (Phi) is 3.07. The second kappa shape index (κ2) is 4.88. The molecule has 2 aromatic rings. The summed E-state index contributed by atoms with van der Waals surface area (Å²) in [6.07, 6.45) is 4.11. The SMILES string of the molecule is Cc1ncc(Nc2ccc3c(c2)CCCN3)nc1C. The molecule has 0 radical (unpaired) electrons. The van der Waals surface area contributed by atoms with Gasteiger partial charge in [-0.2, -0.15) is 0 Å². The van der Waals surface area contributed by atoms with E-state index in [0.717, 1.165) is 35.9 Å². The fourth-order valence-corrected chi connectivity index (χ4v) is 2.30. The molecule has 1 aromatic carbocycles. The van der Waals surface area contributed by atoms with Gasteiger partial charge in [-0.25, -0.2) is 4.98 Å². The van der Waals surface area contributed by atoms with Gasteiger partial charge < -0.3 is 10.6 Å². The first-order valence-corrected chi connectivity index (χ1v) is 6.66. The van der Waals surface area contributed by atoms with Crippen LogP contribution in [0.3, 0.4) is 0 Å². The zero-order valence-electron chi connectivity index (χ0n) is 11.3. The first-order chi connectivity index (χ1) is 9.22. The third-order valence-corrected chi connectivity index (χ3v) is 3.51. The summed E-state index contributed by atoms with van der Waals surface area (Å²) in [5.74, 6) is 0.798. The van der Waals surface area contributed by atoms with Crippen molar-refractivity contribution >= 4 is 17.2 Å². The maximum atomic E-state index is 4.49. The average Bonchev–Trinajstić information content (AvgIpc) is 2.43. The van der Waals surface area contributed by atoms with Crippen LogP contribution in [-0.4, -0.2) is 16.5 Å². The minimum atomic E-state index is 0.798. The number of anilines is 3. The van der Waals surface area contributed by atoms with E-state index in [9.17, 15) is 0 Å². The molecule has 3 rings (SSSR count). The zero-order chi connectivity index (χ0) is 13.2. The van der Waals surface area contributed by atoms with Crippen LogP contribution in [0.2, 0.25) is 0 Å². The predicted molar refractivity (Wildman–Crippen MR) is 78.0 cm³/mol. The van der Waals surface area contributed by atoms with E-state index in [1.165, 1.54) is 17.7 Å². The number of aryl methyl sites for hydroxylation is 3. The quantitative estimate of drug-likeness (QED) is 0.864. The number of benzene rings is 1. The fraction of sp³-hybridized carbons (Fsp3) is 0.333. The van der Waals surface area contributed by atoms with E-state index in [1.807, 2.05) is 13.8 Å².